The van der Waals surface area contributed by atoms with Crippen LogP contribution in [-0.4, -0.2) is 19.6 Å². The molecule has 0 aliphatic carbocycles. The van der Waals surface area contributed by atoms with Crippen LogP contribution in [0.1, 0.15) is 24.0 Å². The van der Waals surface area contributed by atoms with E-state index in [0.29, 0.717) is 0 Å². The van der Waals surface area contributed by atoms with Gasteiger partial charge in [-0.3, -0.25) is 0 Å². The Kier molecular flexibility index (Phi) is 3.86. The number of hydrogen-bond acceptors (Lipinski definition) is 2. The van der Waals surface area contributed by atoms with Gasteiger partial charge in [0.25, 0.3) is 0 Å². The average molecular weight is 292 g/mol. The van der Waals surface area contributed by atoms with E-state index in [9.17, 15) is 0 Å². The van der Waals surface area contributed by atoms with E-state index in [4.69, 9.17) is 0 Å². The first-order valence-electron chi connectivity index (χ1n) is 8.56. The molecule has 4 rings (SSSR count). The van der Waals surface area contributed by atoms with Crippen LogP contribution in [0, 0.1) is 5.92 Å². The van der Waals surface area contributed by atoms with Crippen LogP contribution in [0.15, 0.2) is 48.5 Å². The van der Waals surface area contributed by atoms with Crippen molar-refractivity contribution in [2.45, 2.75) is 25.7 Å². The zero-order valence-corrected chi connectivity index (χ0v) is 13.1. The van der Waals surface area contributed by atoms with Crippen LogP contribution in [0.5, 0.6) is 0 Å². The van der Waals surface area contributed by atoms with Crippen LogP contribution in [0.2, 0.25) is 0 Å². The first-order valence-corrected chi connectivity index (χ1v) is 8.56. The molecule has 0 amide bonds. The van der Waals surface area contributed by atoms with E-state index in [0.717, 1.165) is 31.8 Å². The van der Waals surface area contributed by atoms with Gasteiger partial charge in [0.2, 0.25) is 0 Å². The van der Waals surface area contributed by atoms with Gasteiger partial charge in [-0.1, -0.05) is 36.4 Å². The Morgan fingerprint density at radius 2 is 1.55 bits per heavy atom. The molecule has 1 atom stereocenters. The molecule has 1 unspecified atom stereocenters. The van der Waals surface area contributed by atoms with Crippen molar-refractivity contribution in [1.29, 1.82) is 0 Å². The van der Waals surface area contributed by atoms with E-state index < -0.39 is 0 Å². The molecule has 22 heavy (non-hydrogen) atoms. The quantitative estimate of drug-likeness (QED) is 0.902. The fourth-order valence-electron chi connectivity index (χ4n) is 3.90. The number of hydrogen-bond donors (Lipinski definition) is 1. The highest BCUT2D eigenvalue weighted by atomic mass is 15.1. The number of nitrogens with one attached hydrogen (secondary N) is 1. The Labute approximate surface area is 133 Å². The lowest BCUT2D eigenvalue weighted by Gasteiger charge is -2.33. The Morgan fingerprint density at radius 1 is 0.909 bits per heavy atom. The van der Waals surface area contributed by atoms with Crippen molar-refractivity contribution in [2.24, 2.45) is 5.92 Å². The standard InChI is InChI=1S/C20H24N2/c1-3-9-19-17(7-1)11-12-18-8-2-4-10-20(18)22(19)15-16-6-5-13-21-14-16/h1-4,7-10,16,21H,5-6,11-15H2. The number of benzene rings is 2. The van der Waals surface area contributed by atoms with Gasteiger partial charge in [-0.15, -0.1) is 0 Å². The summed E-state index contributed by atoms with van der Waals surface area (Å²) in [4.78, 5) is 2.58. The minimum atomic E-state index is 0.743. The summed E-state index contributed by atoms with van der Waals surface area (Å²) in [5.74, 6) is 0.743. The molecule has 2 aliphatic heterocycles. The third-order valence-electron chi connectivity index (χ3n) is 5.07. The van der Waals surface area contributed by atoms with Gasteiger partial charge in [0.1, 0.15) is 0 Å². The Bertz CT molecular complexity index is 596. The second-order valence-corrected chi connectivity index (χ2v) is 6.58. The molecule has 0 radical (unpaired) electrons. The molecule has 2 aromatic carbocycles. The fourth-order valence-corrected chi connectivity index (χ4v) is 3.90. The first-order chi connectivity index (χ1) is 10.9. The maximum absolute atomic E-state index is 3.56. The van der Waals surface area contributed by atoms with E-state index in [1.807, 2.05) is 0 Å². The molecular weight excluding hydrogens is 268 g/mol. The smallest absolute Gasteiger partial charge is 0.0443 e. The molecule has 114 valence electrons. The number of rotatable bonds is 2. The van der Waals surface area contributed by atoms with Crippen LogP contribution in [0.3, 0.4) is 0 Å². The molecule has 2 heteroatoms. The Balaban J connectivity index is 1.73. The predicted molar refractivity (Wildman–Crippen MR) is 92.9 cm³/mol. The highest BCUT2D eigenvalue weighted by Crippen LogP contribution is 2.36. The Hall–Kier alpha value is -1.80. The van der Waals surface area contributed by atoms with Crippen LogP contribution in [0.4, 0.5) is 11.4 Å². The summed E-state index contributed by atoms with van der Waals surface area (Å²) < 4.78 is 0. The topological polar surface area (TPSA) is 15.3 Å². The third-order valence-corrected chi connectivity index (χ3v) is 5.07. The lowest BCUT2D eigenvalue weighted by Crippen LogP contribution is -2.37. The van der Waals surface area contributed by atoms with Gasteiger partial charge in [-0.2, -0.15) is 0 Å². The lowest BCUT2D eigenvalue weighted by atomic mass is 9.98. The maximum Gasteiger partial charge on any atom is 0.0443 e. The van der Waals surface area contributed by atoms with Gasteiger partial charge in [0, 0.05) is 17.9 Å². The van der Waals surface area contributed by atoms with Crippen molar-refractivity contribution in [3.8, 4) is 0 Å². The van der Waals surface area contributed by atoms with Gasteiger partial charge in [-0.05, 0) is 68.0 Å². The van der Waals surface area contributed by atoms with Gasteiger partial charge in [0.05, 0.1) is 0 Å². The highest BCUT2D eigenvalue weighted by Gasteiger charge is 2.23. The number of fused-ring (bicyclic) bond motifs is 2. The zero-order chi connectivity index (χ0) is 14.8. The summed E-state index contributed by atoms with van der Waals surface area (Å²) in [6.07, 6.45) is 4.94. The minimum Gasteiger partial charge on any atom is -0.341 e. The molecule has 2 aliphatic rings. The van der Waals surface area contributed by atoms with Gasteiger partial charge < -0.3 is 10.2 Å². The normalized spacial score (nSPS) is 20.9. The van der Waals surface area contributed by atoms with E-state index >= 15 is 0 Å². The summed E-state index contributed by atoms with van der Waals surface area (Å²) in [7, 11) is 0. The molecule has 2 aromatic rings. The molecule has 2 heterocycles. The van der Waals surface area contributed by atoms with E-state index in [-0.39, 0.29) is 0 Å². The summed E-state index contributed by atoms with van der Waals surface area (Å²) >= 11 is 0. The number of aryl methyl sites for hydroxylation is 2. The lowest BCUT2D eigenvalue weighted by molar-refractivity contribution is 0.384. The van der Waals surface area contributed by atoms with Crippen LogP contribution in [0.25, 0.3) is 0 Å². The van der Waals surface area contributed by atoms with Crippen molar-refractivity contribution >= 4 is 11.4 Å². The largest absolute Gasteiger partial charge is 0.341 e. The first kappa shape index (κ1) is 13.8. The summed E-state index contributed by atoms with van der Waals surface area (Å²) in [5.41, 5.74) is 5.81. The SMILES string of the molecule is c1ccc2c(c1)CCc1ccccc1N2CC1CCCNC1. The summed E-state index contributed by atoms with van der Waals surface area (Å²) in [6.45, 7) is 3.46. The van der Waals surface area contributed by atoms with Crippen LogP contribution in [-0.2, 0) is 12.8 Å². The van der Waals surface area contributed by atoms with Gasteiger partial charge in [0.15, 0.2) is 0 Å². The molecule has 0 bridgehead atoms. The van der Waals surface area contributed by atoms with Crippen molar-refractivity contribution < 1.29 is 0 Å². The maximum atomic E-state index is 3.56. The van der Waals surface area contributed by atoms with E-state index in [1.54, 1.807) is 0 Å². The molecule has 1 N–H and O–H groups in total. The second-order valence-electron chi connectivity index (χ2n) is 6.58. The van der Waals surface area contributed by atoms with E-state index in [2.05, 4.69) is 58.7 Å². The predicted octanol–water partition coefficient (Wildman–Crippen LogP) is 3.92. The van der Waals surface area contributed by atoms with Gasteiger partial charge in [-0.25, -0.2) is 0 Å². The number of piperidine rings is 1. The molecule has 2 nitrogen and oxygen atoms in total. The number of anilines is 2. The number of nitrogens with zero attached hydrogens (tertiary/aromatic N) is 1. The van der Waals surface area contributed by atoms with Crippen molar-refractivity contribution in [1.82, 2.24) is 5.32 Å². The molecule has 0 aromatic heterocycles. The fraction of sp³-hybridized carbons (Fsp3) is 0.400. The monoisotopic (exact) mass is 292 g/mol. The summed E-state index contributed by atoms with van der Waals surface area (Å²) in [6, 6.07) is 17.9. The molecular formula is C20H24N2. The molecule has 1 saturated heterocycles. The molecule has 1 fully saturated rings. The number of para-hydroxylation sites is 2. The van der Waals surface area contributed by atoms with Crippen molar-refractivity contribution in [2.75, 3.05) is 24.5 Å². The van der Waals surface area contributed by atoms with Gasteiger partial charge >= 0.3 is 0 Å². The van der Waals surface area contributed by atoms with E-state index in [1.165, 1.54) is 41.9 Å². The van der Waals surface area contributed by atoms with Crippen LogP contribution < -0.4 is 10.2 Å². The van der Waals surface area contributed by atoms with Crippen molar-refractivity contribution in [3.63, 3.8) is 0 Å². The summed E-state index contributed by atoms with van der Waals surface area (Å²) in [5, 5.41) is 3.56. The van der Waals surface area contributed by atoms with Crippen LogP contribution >= 0.6 is 0 Å². The zero-order valence-electron chi connectivity index (χ0n) is 13.1. The minimum absolute atomic E-state index is 0.743. The average Bonchev–Trinajstić information content (AvgIpc) is 2.74. The Morgan fingerprint density at radius 3 is 2.14 bits per heavy atom. The third kappa shape index (κ3) is 2.64. The molecule has 0 spiro atoms. The van der Waals surface area contributed by atoms with Crippen molar-refractivity contribution in [3.05, 3.63) is 59.7 Å². The molecule has 0 saturated carbocycles. The highest BCUT2D eigenvalue weighted by molar-refractivity contribution is 5.71. The second kappa shape index (κ2) is 6.13.